The maximum Gasteiger partial charge on any atom is 0.124 e. The molecule has 0 unspecified atom stereocenters. The maximum absolute atomic E-state index is 6.00. The van der Waals surface area contributed by atoms with Gasteiger partial charge in [-0.05, 0) is 12.1 Å². The molecule has 2 heterocycles. The van der Waals surface area contributed by atoms with Crippen molar-refractivity contribution in [1.82, 2.24) is 9.97 Å². The van der Waals surface area contributed by atoms with Crippen LogP contribution in [0.25, 0.3) is 11.1 Å². The second-order valence-corrected chi connectivity index (χ2v) is 3.50. The van der Waals surface area contributed by atoms with Gasteiger partial charge in [-0.2, -0.15) is 0 Å². The molecule has 0 aromatic carbocycles. The number of hydrogen-bond acceptors (Lipinski definition) is 4. The average Bonchev–Trinajstić information content (AvgIpc) is 2.22. The third kappa shape index (κ3) is 1.99. The van der Waals surface area contributed by atoms with Crippen LogP contribution in [0.1, 0.15) is 0 Å². The highest BCUT2D eigenvalue weighted by atomic mass is 35.5. The number of aromatic nitrogens is 2. The molecule has 0 spiro atoms. The van der Waals surface area contributed by atoms with Gasteiger partial charge in [0.05, 0.1) is 10.7 Å². The first-order valence-electron chi connectivity index (χ1n) is 4.29. The van der Waals surface area contributed by atoms with E-state index in [1.165, 1.54) is 6.20 Å². The fourth-order valence-electron chi connectivity index (χ4n) is 1.28. The third-order valence-corrected chi connectivity index (χ3v) is 2.25. The lowest BCUT2D eigenvalue weighted by Crippen LogP contribution is -1.92. The van der Waals surface area contributed by atoms with Gasteiger partial charge in [0.25, 0.3) is 0 Å². The minimum Gasteiger partial charge on any atom is -0.397 e. The van der Waals surface area contributed by atoms with Gasteiger partial charge in [-0.25, -0.2) is 4.98 Å². The molecule has 2 rings (SSSR count). The number of halogens is 1. The Kier molecular flexibility index (Phi) is 2.43. The van der Waals surface area contributed by atoms with E-state index < -0.39 is 0 Å². The molecule has 0 amide bonds. The highest BCUT2D eigenvalue weighted by molar-refractivity contribution is 6.33. The van der Waals surface area contributed by atoms with Gasteiger partial charge in [0.2, 0.25) is 0 Å². The fraction of sp³-hybridized carbons (Fsp3) is 0. The number of anilines is 2. The summed E-state index contributed by atoms with van der Waals surface area (Å²) < 4.78 is 0. The first-order valence-corrected chi connectivity index (χ1v) is 4.66. The molecule has 4 nitrogen and oxygen atoms in total. The zero-order valence-corrected chi connectivity index (χ0v) is 8.57. The highest BCUT2D eigenvalue weighted by Gasteiger charge is 2.05. The van der Waals surface area contributed by atoms with Crippen molar-refractivity contribution in [2.75, 3.05) is 11.5 Å². The fourth-order valence-corrected chi connectivity index (χ4v) is 1.49. The van der Waals surface area contributed by atoms with E-state index in [0.717, 1.165) is 11.1 Å². The molecule has 0 saturated heterocycles. The second-order valence-electron chi connectivity index (χ2n) is 3.10. The zero-order chi connectivity index (χ0) is 10.8. The van der Waals surface area contributed by atoms with Crippen LogP contribution in [-0.4, -0.2) is 9.97 Å². The minimum absolute atomic E-state index is 0.414. The van der Waals surface area contributed by atoms with Crippen molar-refractivity contribution in [2.45, 2.75) is 0 Å². The lowest BCUT2D eigenvalue weighted by Gasteiger charge is -2.05. The van der Waals surface area contributed by atoms with Crippen molar-refractivity contribution in [1.29, 1.82) is 0 Å². The molecule has 0 fully saturated rings. The largest absolute Gasteiger partial charge is 0.397 e. The van der Waals surface area contributed by atoms with E-state index in [-0.39, 0.29) is 0 Å². The smallest absolute Gasteiger partial charge is 0.124 e. The summed E-state index contributed by atoms with van der Waals surface area (Å²) in [5, 5.41) is 0.525. The number of hydrogen-bond donors (Lipinski definition) is 2. The third-order valence-electron chi connectivity index (χ3n) is 1.95. The lowest BCUT2D eigenvalue weighted by molar-refractivity contribution is 1.31. The topological polar surface area (TPSA) is 77.8 Å². The molecule has 0 bridgehead atoms. The molecule has 2 aromatic heterocycles. The van der Waals surface area contributed by atoms with Crippen LogP contribution in [0.5, 0.6) is 0 Å². The van der Waals surface area contributed by atoms with Crippen LogP contribution in [0.2, 0.25) is 5.02 Å². The van der Waals surface area contributed by atoms with Gasteiger partial charge in [-0.1, -0.05) is 11.6 Å². The van der Waals surface area contributed by atoms with Crippen LogP contribution in [0, 0.1) is 0 Å². The van der Waals surface area contributed by atoms with Crippen molar-refractivity contribution < 1.29 is 0 Å². The quantitative estimate of drug-likeness (QED) is 0.770. The molecule has 0 saturated carbocycles. The zero-order valence-electron chi connectivity index (χ0n) is 7.81. The molecule has 0 aliphatic rings. The predicted octanol–water partition coefficient (Wildman–Crippen LogP) is 1.96. The van der Waals surface area contributed by atoms with Crippen molar-refractivity contribution in [2.24, 2.45) is 0 Å². The highest BCUT2D eigenvalue weighted by Crippen LogP contribution is 2.28. The van der Waals surface area contributed by atoms with Crippen LogP contribution >= 0.6 is 11.6 Å². The molecule has 0 radical (unpaired) electrons. The monoisotopic (exact) mass is 220 g/mol. The molecule has 0 aliphatic carbocycles. The SMILES string of the molecule is Nc1cncc(-c2cc(N)ncc2Cl)c1. The van der Waals surface area contributed by atoms with Gasteiger partial charge < -0.3 is 11.5 Å². The van der Waals surface area contributed by atoms with Gasteiger partial charge in [0, 0.05) is 29.7 Å². The van der Waals surface area contributed by atoms with Crippen LogP contribution in [-0.2, 0) is 0 Å². The Morgan fingerprint density at radius 2 is 1.87 bits per heavy atom. The molecule has 0 aliphatic heterocycles. The van der Waals surface area contributed by atoms with E-state index in [1.807, 2.05) is 0 Å². The van der Waals surface area contributed by atoms with Gasteiger partial charge >= 0.3 is 0 Å². The predicted molar refractivity (Wildman–Crippen MR) is 61.3 cm³/mol. The van der Waals surface area contributed by atoms with Crippen LogP contribution in [0.4, 0.5) is 11.5 Å². The van der Waals surface area contributed by atoms with Crippen molar-refractivity contribution in [3.8, 4) is 11.1 Å². The molecular weight excluding hydrogens is 212 g/mol. The van der Waals surface area contributed by atoms with E-state index in [9.17, 15) is 0 Å². The Balaban J connectivity index is 2.58. The van der Waals surface area contributed by atoms with E-state index >= 15 is 0 Å². The van der Waals surface area contributed by atoms with Crippen LogP contribution in [0.3, 0.4) is 0 Å². The molecule has 4 N–H and O–H groups in total. The molecule has 0 atom stereocenters. The Labute approximate surface area is 91.9 Å². The van der Waals surface area contributed by atoms with Crippen LogP contribution < -0.4 is 11.5 Å². The summed E-state index contributed by atoms with van der Waals surface area (Å²) in [6, 6.07) is 3.48. The second kappa shape index (κ2) is 3.74. The minimum atomic E-state index is 0.414. The molecule has 15 heavy (non-hydrogen) atoms. The van der Waals surface area contributed by atoms with Crippen molar-refractivity contribution in [3.05, 3.63) is 35.7 Å². The summed E-state index contributed by atoms with van der Waals surface area (Å²) in [4.78, 5) is 7.87. The van der Waals surface area contributed by atoms with E-state index in [2.05, 4.69) is 9.97 Å². The summed E-state index contributed by atoms with van der Waals surface area (Å²) in [5.74, 6) is 0.414. The van der Waals surface area contributed by atoms with Gasteiger partial charge in [-0.3, -0.25) is 4.98 Å². The standard InChI is InChI=1S/C10H9ClN4/c11-9-5-15-10(13)2-8(9)6-1-7(12)4-14-3-6/h1-5H,12H2,(H2,13,15). The van der Waals surface area contributed by atoms with Gasteiger partial charge in [0.1, 0.15) is 5.82 Å². The molecule has 5 heteroatoms. The molecular formula is C10H9ClN4. The average molecular weight is 221 g/mol. The first-order chi connectivity index (χ1) is 7.16. The lowest BCUT2D eigenvalue weighted by atomic mass is 10.1. The summed E-state index contributed by atoms with van der Waals surface area (Å²) in [5.41, 5.74) is 13.4. The van der Waals surface area contributed by atoms with Crippen molar-refractivity contribution >= 4 is 23.1 Å². The Morgan fingerprint density at radius 3 is 2.60 bits per heavy atom. The number of nitrogens with two attached hydrogens (primary N) is 2. The van der Waals surface area contributed by atoms with Gasteiger partial charge in [0.15, 0.2) is 0 Å². The van der Waals surface area contributed by atoms with E-state index in [1.54, 1.807) is 24.5 Å². The Hall–Kier alpha value is -1.81. The van der Waals surface area contributed by atoms with Gasteiger partial charge in [-0.15, -0.1) is 0 Å². The Morgan fingerprint density at radius 1 is 1.07 bits per heavy atom. The first kappa shape index (κ1) is 9.73. The summed E-state index contributed by atoms with van der Waals surface area (Å²) in [6.45, 7) is 0. The summed E-state index contributed by atoms with van der Waals surface area (Å²) >= 11 is 6.00. The van der Waals surface area contributed by atoms with E-state index in [0.29, 0.717) is 16.5 Å². The van der Waals surface area contributed by atoms with E-state index in [4.69, 9.17) is 23.1 Å². The normalized spacial score (nSPS) is 10.2. The number of nitrogens with zero attached hydrogens (tertiary/aromatic N) is 2. The molecule has 2 aromatic rings. The number of rotatable bonds is 1. The molecule has 76 valence electrons. The summed E-state index contributed by atoms with van der Waals surface area (Å²) in [7, 11) is 0. The maximum atomic E-state index is 6.00. The number of nitrogen functional groups attached to an aromatic ring is 2. The van der Waals surface area contributed by atoms with Crippen LogP contribution in [0.15, 0.2) is 30.7 Å². The Bertz CT molecular complexity index is 499. The number of pyridine rings is 2. The van der Waals surface area contributed by atoms with Crippen molar-refractivity contribution in [3.63, 3.8) is 0 Å². The summed E-state index contributed by atoms with van der Waals surface area (Å²) in [6.07, 6.45) is 4.76.